The zero-order valence-electron chi connectivity index (χ0n) is 20.2. The van der Waals surface area contributed by atoms with Crippen molar-refractivity contribution in [1.82, 2.24) is 0 Å². The van der Waals surface area contributed by atoms with Crippen molar-refractivity contribution in [3.8, 4) is 22.3 Å². The lowest BCUT2D eigenvalue weighted by Gasteiger charge is -2.14. The second kappa shape index (κ2) is 11.1. The van der Waals surface area contributed by atoms with E-state index in [0.29, 0.717) is 0 Å². The van der Waals surface area contributed by atoms with Gasteiger partial charge in [-0.05, 0) is 105 Å². The summed E-state index contributed by atoms with van der Waals surface area (Å²) in [6, 6.07) is 28.8. The first-order valence-electron chi connectivity index (χ1n) is 12.0. The van der Waals surface area contributed by atoms with Crippen LogP contribution < -0.4 is 0 Å². The summed E-state index contributed by atoms with van der Waals surface area (Å²) in [6.45, 7) is 0. The summed E-state index contributed by atoms with van der Waals surface area (Å²) in [6.07, 6.45) is 7.60. The Morgan fingerprint density at radius 1 is 0.342 bits per heavy atom. The Morgan fingerprint density at radius 3 is 0.947 bits per heavy atom. The number of halogens is 4. The highest BCUT2D eigenvalue weighted by molar-refractivity contribution is 5.90. The van der Waals surface area contributed by atoms with E-state index in [1.165, 1.54) is 48.5 Å². The van der Waals surface area contributed by atoms with Crippen LogP contribution in [0, 0.1) is 23.3 Å². The van der Waals surface area contributed by atoms with Gasteiger partial charge in [0, 0.05) is 0 Å². The van der Waals surface area contributed by atoms with Crippen LogP contribution in [0.15, 0.2) is 109 Å². The molecule has 0 bridgehead atoms. The van der Waals surface area contributed by atoms with Crippen molar-refractivity contribution < 1.29 is 17.6 Å². The van der Waals surface area contributed by atoms with E-state index < -0.39 is 0 Å². The Kier molecular flexibility index (Phi) is 7.32. The third-order valence-electron chi connectivity index (χ3n) is 6.18. The first kappa shape index (κ1) is 25.0. The van der Waals surface area contributed by atoms with Crippen molar-refractivity contribution in [2.45, 2.75) is 0 Å². The zero-order valence-corrected chi connectivity index (χ0v) is 20.2. The summed E-state index contributed by atoms with van der Waals surface area (Å²) in [5, 5.41) is 0. The van der Waals surface area contributed by atoms with Crippen LogP contribution in [-0.2, 0) is 0 Å². The second-order valence-electron chi connectivity index (χ2n) is 8.81. The number of hydrogen-bond donors (Lipinski definition) is 0. The molecule has 0 heterocycles. The minimum atomic E-state index is -0.337. The lowest BCUT2D eigenvalue weighted by Crippen LogP contribution is -1.92. The molecule has 0 saturated heterocycles. The van der Waals surface area contributed by atoms with Crippen LogP contribution in [0.1, 0.15) is 22.3 Å². The highest BCUT2D eigenvalue weighted by Gasteiger charge is 2.12. The van der Waals surface area contributed by atoms with Crippen LogP contribution in [0.4, 0.5) is 17.6 Å². The van der Waals surface area contributed by atoms with Crippen LogP contribution in [-0.4, -0.2) is 0 Å². The Balaban J connectivity index is 1.68. The van der Waals surface area contributed by atoms with E-state index >= 15 is 0 Å². The Labute approximate surface area is 218 Å². The standard InChI is InChI=1S/C34H22F4/c35-29-13-3-23(4-14-29)1-7-27-21-34(26-11-19-32(38)20-12-26)28(8-2-24-5-15-30(36)16-6-24)22-33(27)25-9-17-31(37)18-10-25/h1-22H/b7-1+,8-2?. The van der Waals surface area contributed by atoms with E-state index in [1.807, 2.05) is 36.4 Å². The third kappa shape index (κ3) is 5.98. The molecule has 186 valence electrons. The summed E-state index contributed by atoms with van der Waals surface area (Å²) in [4.78, 5) is 0. The summed E-state index contributed by atoms with van der Waals surface area (Å²) in [7, 11) is 0. The minimum Gasteiger partial charge on any atom is -0.207 e. The van der Waals surface area contributed by atoms with Crippen LogP contribution in [0.25, 0.3) is 46.6 Å². The normalized spacial score (nSPS) is 11.5. The zero-order chi connectivity index (χ0) is 26.5. The van der Waals surface area contributed by atoms with Gasteiger partial charge < -0.3 is 0 Å². The van der Waals surface area contributed by atoms with E-state index in [1.54, 1.807) is 48.5 Å². The van der Waals surface area contributed by atoms with Crippen molar-refractivity contribution in [3.05, 3.63) is 155 Å². The molecule has 5 aromatic rings. The van der Waals surface area contributed by atoms with Gasteiger partial charge in [0.15, 0.2) is 0 Å². The van der Waals surface area contributed by atoms with Crippen molar-refractivity contribution in [3.63, 3.8) is 0 Å². The average molecular weight is 507 g/mol. The molecule has 0 fully saturated rings. The fraction of sp³-hybridized carbons (Fsp3) is 0. The van der Waals surface area contributed by atoms with Crippen molar-refractivity contribution >= 4 is 24.3 Å². The largest absolute Gasteiger partial charge is 0.207 e. The molecule has 0 N–H and O–H groups in total. The topological polar surface area (TPSA) is 0 Å². The van der Waals surface area contributed by atoms with Gasteiger partial charge in [0.1, 0.15) is 23.3 Å². The lowest BCUT2D eigenvalue weighted by molar-refractivity contribution is 0.627. The molecule has 0 aliphatic rings. The third-order valence-corrected chi connectivity index (χ3v) is 6.18. The molecule has 4 heteroatoms. The van der Waals surface area contributed by atoms with E-state index in [9.17, 15) is 17.6 Å². The molecule has 5 aromatic carbocycles. The average Bonchev–Trinajstić information content (AvgIpc) is 2.93. The van der Waals surface area contributed by atoms with E-state index in [-0.39, 0.29) is 23.3 Å². The molecule has 0 aliphatic carbocycles. The molecule has 0 saturated carbocycles. The van der Waals surface area contributed by atoms with Crippen LogP contribution in [0.3, 0.4) is 0 Å². The van der Waals surface area contributed by atoms with E-state index in [2.05, 4.69) is 0 Å². The molecular weight excluding hydrogens is 484 g/mol. The van der Waals surface area contributed by atoms with Gasteiger partial charge in [-0.15, -0.1) is 0 Å². The highest BCUT2D eigenvalue weighted by atomic mass is 19.1. The SMILES string of the molecule is Fc1ccc(C=Cc2cc(-c3ccc(F)cc3)c(/C=C/c3ccc(F)cc3)cc2-c2ccc(F)cc2)cc1. The van der Waals surface area contributed by atoms with Crippen molar-refractivity contribution in [2.75, 3.05) is 0 Å². The Hall–Kier alpha value is -4.70. The summed E-state index contributed by atoms with van der Waals surface area (Å²) in [5.41, 5.74) is 6.67. The highest BCUT2D eigenvalue weighted by Crippen LogP contribution is 2.35. The molecule has 0 aromatic heterocycles. The first-order valence-corrected chi connectivity index (χ1v) is 12.0. The molecule has 5 rings (SSSR count). The monoisotopic (exact) mass is 506 g/mol. The molecule has 0 nitrogen and oxygen atoms in total. The van der Waals surface area contributed by atoms with E-state index in [4.69, 9.17) is 0 Å². The van der Waals surface area contributed by atoms with Crippen LogP contribution in [0.2, 0.25) is 0 Å². The molecule has 0 atom stereocenters. The van der Waals surface area contributed by atoms with E-state index in [0.717, 1.165) is 44.5 Å². The number of rotatable bonds is 6. The second-order valence-corrected chi connectivity index (χ2v) is 8.81. The number of benzene rings is 5. The molecule has 0 unspecified atom stereocenters. The summed E-state index contributed by atoms with van der Waals surface area (Å²) < 4.78 is 54.2. The van der Waals surface area contributed by atoms with Crippen LogP contribution in [0.5, 0.6) is 0 Å². The molecule has 0 radical (unpaired) electrons. The van der Waals surface area contributed by atoms with Gasteiger partial charge in [-0.25, -0.2) is 17.6 Å². The first-order chi connectivity index (χ1) is 18.4. The van der Waals surface area contributed by atoms with Gasteiger partial charge >= 0.3 is 0 Å². The maximum absolute atomic E-state index is 13.7. The molecule has 0 amide bonds. The van der Waals surface area contributed by atoms with Crippen LogP contribution >= 0.6 is 0 Å². The maximum atomic E-state index is 13.7. The quantitative estimate of drug-likeness (QED) is 0.159. The van der Waals surface area contributed by atoms with Gasteiger partial charge in [-0.3, -0.25) is 0 Å². The smallest absolute Gasteiger partial charge is 0.123 e. The summed E-state index contributed by atoms with van der Waals surface area (Å²) >= 11 is 0. The van der Waals surface area contributed by atoms with Crippen molar-refractivity contribution in [1.29, 1.82) is 0 Å². The van der Waals surface area contributed by atoms with Gasteiger partial charge in [-0.1, -0.05) is 72.8 Å². The Bertz CT molecular complexity index is 1470. The fourth-order valence-electron chi connectivity index (χ4n) is 4.19. The predicted molar refractivity (Wildman–Crippen MR) is 148 cm³/mol. The predicted octanol–water partition coefficient (Wildman–Crippen LogP) is 9.92. The van der Waals surface area contributed by atoms with Gasteiger partial charge in [0.05, 0.1) is 0 Å². The van der Waals surface area contributed by atoms with Gasteiger partial charge in [0.25, 0.3) is 0 Å². The van der Waals surface area contributed by atoms with Gasteiger partial charge in [-0.2, -0.15) is 0 Å². The molecule has 38 heavy (non-hydrogen) atoms. The lowest BCUT2D eigenvalue weighted by atomic mass is 9.90. The van der Waals surface area contributed by atoms with Crippen molar-refractivity contribution in [2.24, 2.45) is 0 Å². The minimum absolute atomic E-state index is 0.315. The van der Waals surface area contributed by atoms with Gasteiger partial charge in [0.2, 0.25) is 0 Å². The molecule has 0 aliphatic heterocycles. The Morgan fingerprint density at radius 2 is 0.632 bits per heavy atom. The molecule has 0 spiro atoms. The summed E-state index contributed by atoms with van der Waals surface area (Å²) in [5.74, 6) is -1.30. The number of hydrogen-bond acceptors (Lipinski definition) is 0. The fourth-order valence-corrected chi connectivity index (χ4v) is 4.19. The molecular formula is C34H22F4. The maximum Gasteiger partial charge on any atom is 0.123 e.